The standard InChI is InChI=1S/C14H14BrO2P/c15-14(11-16)18(17,12-7-3-1-4-8-12)13-9-5-2-6-10-13/h1-10,14,16H,11H2. The van der Waals surface area contributed by atoms with Crippen LogP contribution in [0.5, 0.6) is 0 Å². The van der Waals surface area contributed by atoms with Crippen LogP contribution in [0.3, 0.4) is 0 Å². The predicted octanol–water partition coefficient (Wildman–Crippen LogP) is 2.71. The lowest BCUT2D eigenvalue weighted by atomic mass is 10.4. The third kappa shape index (κ3) is 2.44. The number of halogens is 1. The molecule has 2 aromatic carbocycles. The van der Waals surface area contributed by atoms with Crippen LogP contribution in [0.1, 0.15) is 0 Å². The molecule has 1 unspecified atom stereocenters. The molecule has 0 amide bonds. The molecular weight excluding hydrogens is 311 g/mol. The molecule has 0 aromatic heterocycles. The van der Waals surface area contributed by atoms with E-state index in [4.69, 9.17) is 0 Å². The fourth-order valence-corrected chi connectivity index (χ4v) is 5.71. The molecule has 0 spiro atoms. The van der Waals surface area contributed by atoms with Gasteiger partial charge in [-0.05, 0) is 0 Å². The Kier molecular flexibility index (Phi) is 4.39. The normalized spacial score (nSPS) is 13.2. The highest BCUT2D eigenvalue weighted by atomic mass is 79.9. The Balaban J connectivity index is 2.59. The maximum atomic E-state index is 13.3. The Morgan fingerprint density at radius 1 is 0.944 bits per heavy atom. The fourth-order valence-electron chi connectivity index (χ4n) is 1.89. The molecule has 2 rings (SSSR count). The van der Waals surface area contributed by atoms with Crippen molar-refractivity contribution in [3.05, 3.63) is 60.7 Å². The summed E-state index contributed by atoms with van der Waals surface area (Å²) in [4.78, 5) is 0. The maximum absolute atomic E-state index is 13.3. The summed E-state index contributed by atoms with van der Waals surface area (Å²) < 4.78 is 12.9. The van der Waals surface area contributed by atoms with E-state index < -0.39 is 11.7 Å². The van der Waals surface area contributed by atoms with Gasteiger partial charge in [0, 0.05) is 10.6 Å². The summed E-state index contributed by atoms with van der Waals surface area (Å²) in [6.45, 7) is -0.166. The summed E-state index contributed by atoms with van der Waals surface area (Å²) >= 11 is 3.36. The number of hydrogen-bond acceptors (Lipinski definition) is 2. The number of rotatable bonds is 4. The van der Waals surface area contributed by atoms with Gasteiger partial charge in [-0.2, -0.15) is 0 Å². The van der Waals surface area contributed by atoms with Crippen molar-refractivity contribution in [2.24, 2.45) is 0 Å². The van der Waals surface area contributed by atoms with E-state index >= 15 is 0 Å². The van der Waals surface area contributed by atoms with Crippen molar-refractivity contribution in [1.82, 2.24) is 0 Å². The Morgan fingerprint density at radius 3 is 1.67 bits per heavy atom. The van der Waals surface area contributed by atoms with Crippen molar-refractivity contribution in [1.29, 1.82) is 0 Å². The van der Waals surface area contributed by atoms with Gasteiger partial charge in [0.1, 0.15) is 0 Å². The average Bonchev–Trinajstić information content (AvgIpc) is 2.47. The minimum Gasteiger partial charge on any atom is -0.395 e. The lowest BCUT2D eigenvalue weighted by Gasteiger charge is -2.23. The first-order valence-electron chi connectivity index (χ1n) is 5.65. The second kappa shape index (κ2) is 5.83. The summed E-state index contributed by atoms with van der Waals surface area (Å²) in [5.41, 5.74) is 0. The highest BCUT2D eigenvalue weighted by molar-refractivity contribution is 9.11. The molecule has 18 heavy (non-hydrogen) atoms. The highest BCUT2D eigenvalue weighted by Gasteiger charge is 2.34. The van der Waals surface area contributed by atoms with E-state index in [0.717, 1.165) is 10.6 Å². The number of benzene rings is 2. The summed E-state index contributed by atoms with van der Waals surface area (Å²) in [5, 5.41) is 10.9. The SMILES string of the molecule is O=P(c1ccccc1)(c1ccccc1)C(Br)CO. The summed E-state index contributed by atoms with van der Waals surface area (Å²) in [6.07, 6.45) is 0. The molecule has 1 N–H and O–H groups in total. The van der Waals surface area contributed by atoms with E-state index in [1.165, 1.54) is 0 Å². The predicted molar refractivity (Wildman–Crippen MR) is 79.6 cm³/mol. The molecule has 0 radical (unpaired) electrons. The first-order chi connectivity index (χ1) is 8.69. The van der Waals surface area contributed by atoms with Gasteiger partial charge < -0.3 is 9.67 Å². The van der Waals surface area contributed by atoms with E-state index in [-0.39, 0.29) is 6.61 Å². The van der Waals surface area contributed by atoms with Gasteiger partial charge in [0.2, 0.25) is 0 Å². The minimum atomic E-state index is -2.85. The van der Waals surface area contributed by atoms with E-state index in [9.17, 15) is 9.67 Å². The van der Waals surface area contributed by atoms with Crippen LogP contribution in [0.4, 0.5) is 0 Å². The number of aliphatic hydroxyl groups excluding tert-OH is 1. The van der Waals surface area contributed by atoms with Gasteiger partial charge in [-0.1, -0.05) is 76.6 Å². The average molecular weight is 325 g/mol. The topological polar surface area (TPSA) is 37.3 Å². The third-order valence-electron chi connectivity index (χ3n) is 2.82. The third-order valence-corrected chi connectivity index (χ3v) is 7.93. The van der Waals surface area contributed by atoms with E-state index in [1.807, 2.05) is 60.7 Å². The van der Waals surface area contributed by atoms with E-state index in [0.29, 0.717) is 0 Å². The molecule has 2 aromatic rings. The molecule has 0 fully saturated rings. The molecule has 94 valence electrons. The van der Waals surface area contributed by atoms with Crippen LogP contribution in [0, 0.1) is 0 Å². The second-order valence-corrected chi connectivity index (χ2v) is 8.73. The molecule has 0 heterocycles. The first kappa shape index (κ1) is 13.5. The minimum absolute atomic E-state index is 0.166. The molecule has 0 bridgehead atoms. The van der Waals surface area contributed by atoms with E-state index in [2.05, 4.69) is 15.9 Å². The van der Waals surface area contributed by atoms with Gasteiger partial charge in [0.15, 0.2) is 7.14 Å². The zero-order valence-electron chi connectivity index (χ0n) is 9.74. The zero-order chi connectivity index (χ0) is 13.0. The fraction of sp³-hybridized carbons (Fsp3) is 0.143. The first-order valence-corrected chi connectivity index (χ1v) is 8.34. The molecule has 0 aliphatic heterocycles. The van der Waals surface area contributed by atoms with E-state index in [1.54, 1.807) is 0 Å². The maximum Gasteiger partial charge on any atom is 0.158 e. The quantitative estimate of drug-likeness (QED) is 0.693. The van der Waals surface area contributed by atoms with Gasteiger partial charge in [-0.3, -0.25) is 0 Å². The molecule has 4 heteroatoms. The van der Waals surface area contributed by atoms with Crippen molar-refractivity contribution < 1.29 is 9.67 Å². The lowest BCUT2D eigenvalue weighted by molar-refractivity contribution is 0.314. The molecule has 0 saturated heterocycles. The monoisotopic (exact) mass is 324 g/mol. The van der Waals surface area contributed by atoms with Crippen LogP contribution in [0.25, 0.3) is 0 Å². The number of hydrogen-bond donors (Lipinski definition) is 1. The van der Waals surface area contributed by atoms with Crippen LogP contribution in [-0.2, 0) is 4.57 Å². The Morgan fingerprint density at radius 2 is 1.33 bits per heavy atom. The molecular formula is C14H14BrO2P. The van der Waals surface area contributed by atoms with Crippen molar-refractivity contribution in [3.63, 3.8) is 0 Å². The highest BCUT2D eigenvalue weighted by Crippen LogP contribution is 2.50. The van der Waals surface area contributed by atoms with Gasteiger partial charge in [-0.25, -0.2) is 0 Å². The summed E-state index contributed by atoms with van der Waals surface area (Å²) in [5.74, 6) is 0. The van der Waals surface area contributed by atoms with Crippen molar-refractivity contribution in [2.45, 2.75) is 4.57 Å². The van der Waals surface area contributed by atoms with Gasteiger partial charge in [0.25, 0.3) is 0 Å². The van der Waals surface area contributed by atoms with Crippen LogP contribution in [0.2, 0.25) is 0 Å². The zero-order valence-corrected chi connectivity index (χ0v) is 12.2. The van der Waals surface area contributed by atoms with Crippen molar-refractivity contribution >= 4 is 33.7 Å². The van der Waals surface area contributed by atoms with Gasteiger partial charge in [0.05, 0.1) is 11.2 Å². The lowest BCUT2D eigenvalue weighted by Crippen LogP contribution is -2.24. The van der Waals surface area contributed by atoms with Gasteiger partial charge in [-0.15, -0.1) is 0 Å². The van der Waals surface area contributed by atoms with Crippen LogP contribution >= 0.6 is 23.1 Å². The number of aliphatic hydroxyl groups is 1. The second-order valence-electron chi connectivity index (χ2n) is 3.95. The largest absolute Gasteiger partial charge is 0.395 e. The van der Waals surface area contributed by atoms with Gasteiger partial charge >= 0.3 is 0 Å². The molecule has 0 aliphatic carbocycles. The summed E-state index contributed by atoms with van der Waals surface area (Å²) in [7, 11) is -2.85. The van der Waals surface area contributed by atoms with Crippen LogP contribution in [0.15, 0.2) is 60.7 Å². The Bertz CT molecular complexity index is 499. The van der Waals surface area contributed by atoms with Crippen molar-refractivity contribution in [3.8, 4) is 0 Å². The smallest absolute Gasteiger partial charge is 0.158 e. The Labute approximate surface area is 115 Å². The summed E-state index contributed by atoms with van der Waals surface area (Å²) in [6, 6.07) is 18.6. The molecule has 0 aliphatic rings. The molecule has 1 atom stereocenters. The molecule has 2 nitrogen and oxygen atoms in total. The number of alkyl halides is 1. The van der Waals surface area contributed by atoms with Crippen LogP contribution < -0.4 is 10.6 Å². The Hall–Kier alpha value is -0.890. The van der Waals surface area contributed by atoms with Crippen LogP contribution in [-0.4, -0.2) is 16.3 Å². The van der Waals surface area contributed by atoms with Crippen molar-refractivity contribution in [2.75, 3.05) is 6.61 Å². The molecule has 0 saturated carbocycles.